The fraction of sp³-hybridized carbons (Fsp3) is 0.381. The predicted molar refractivity (Wildman–Crippen MR) is 113 cm³/mol. The number of ether oxygens (including phenoxy) is 3. The second-order valence-electron chi connectivity index (χ2n) is 6.68. The Labute approximate surface area is 176 Å². The van der Waals surface area contributed by atoms with Gasteiger partial charge in [-0.15, -0.1) is 0 Å². The minimum atomic E-state index is -0.245. The molecule has 30 heavy (non-hydrogen) atoms. The number of hydrogen-bond acceptors (Lipinski definition) is 7. The van der Waals surface area contributed by atoms with E-state index < -0.39 is 0 Å². The van der Waals surface area contributed by atoms with Gasteiger partial charge in [-0.3, -0.25) is 14.5 Å². The molecule has 0 saturated carbocycles. The summed E-state index contributed by atoms with van der Waals surface area (Å²) in [5, 5.41) is 5.54. The number of carbonyl (C=O) groups is 2. The van der Waals surface area contributed by atoms with Gasteiger partial charge in [-0.2, -0.15) is 0 Å². The molecule has 1 aromatic carbocycles. The summed E-state index contributed by atoms with van der Waals surface area (Å²) in [5.74, 6) is 1.67. The predicted octanol–water partition coefficient (Wildman–Crippen LogP) is 1.60. The number of likely N-dealkylation sites (N-methyl/N-ethyl adjacent to an activating group) is 1. The first-order valence-corrected chi connectivity index (χ1v) is 9.34. The molecule has 2 rings (SSSR count). The zero-order valence-corrected chi connectivity index (χ0v) is 17.9. The van der Waals surface area contributed by atoms with Crippen molar-refractivity contribution in [2.45, 2.75) is 13.5 Å². The van der Waals surface area contributed by atoms with Crippen LogP contribution < -0.4 is 24.8 Å². The van der Waals surface area contributed by atoms with Crippen LogP contribution in [0.25, 0.3) is 0 Å². The molecule has 0 aliphatic carbocycles. The average Bonchev–Trinajstić information content (AvgIpc) is 2.71. The van der Waals surface area contributed by atoms with Crippen molar-refractivity contribution in [3.63, 3.8) is 0 Å². The van der Waals surface area contributed by atoms with Crippen LogP contribution in [0.15, 0.2) is 30.3 Å². The van der Waals surface area contributed by atoms with Crippen LogP contribution in [0.1, 0.15) is 11.3 Å². The summed E-state index contributed by atoms with van der Waals surface area (Å²) in [5.41, 5.74) is 1.56. The van der Waals surface area contributed by atoms with Crippen molar-refractivity contribution in [3.05, 3.63) is 41.6 Å². The lowest BCUT2D eigenvalue weighted by atomic mass is 10.1. The number of amides is 2. The molecular formula is C21H28N4O5. The Morgan fingerprint density at radius 2 is 1.60 bits per heavy atom. The number of hydrogen-bond donors (Lipinski definition) is 2. The van der Waals surface area contributed by atoms with Gasteiger partial charge in [-0.05, 0) is 32.2 Å². The van der Waals surface area contributed by atoms with Gasteiger partial charge in [-0.1, -0.05) is 6.07 Å². The monoisotopic (exact) mass is 416 g/mol. The maximum absolute atomic E-state index is 12.3. The summed E-state index contributed by atoms with van der Waals surface area (Å²) in [4.78, 5) is 30.3. The molecule has 0 saturated heterocycles. The van der Waals surface area contributed by atoms with E-state index in [0.717, 1.165) is 11.3 Å². The van der Waals surface area contributed by atoms with Crippen molar-refractivity contribution in [3.8, 4) is 17.2 Å². The first-order chi connectivity index (χ1) is 14.4. The van der Waals surface area contributed by atoms with E-state index in [-0.39, 0.29) is 31.4 Å². The summed E-state index contributed by atoms with van der Waals surface area (Å²) in [7, 11) is 6.32. The Kier molecular flexibility index (Phi) is 8.42. The van der Waals surface area contributed by atoms with E-state index in [4.69, 9.17) is 14.2 Å². The molecule has 2 aromatic rings. The second-order valence-corrected chi connectivity index (χ2v) is 6.68. The van der Waals surface area contributed by atoms with Crippen LogP contribution in [0, 0.1) is 6.92 Å². The Morgan fingerprint density at radius 1 is 0.967 bits per heavy atom. The molecule has 2 N–H and O–H groups in total. The Balaban J connectivity index is 1.87. The molecule has 0 aliphatic heterocycles. The number of rotatable bonds is 10. The van der Waals surface area contributed by atoms with Crippen LogP contribution in [0.4, 0.5) is 5.82 Å². The van der Waals surface area contributed by atoms with Gasteiger partial charge < -0.3 is 24.8 Å². The third-order valence-corrected chi connectivity index (χ3v) is 4.25. The van der Waals surface area contributed by atoms with E-state index in [2.05, 4.69) is 15.6 Å². The molecule has 9 nitrogen and oxygen atoms in total. The van der Waals surface area contributed by atoms with Gasteiger partial charge in [0, 0.05) is 23.9 Å². The molecule has 0 fully saturated rings. The molecule has 2 amide bonds. The normalized spacial score (nSPS) is 10.5. The molecule has 9 heteroatoms. The smallest absolute Gasteiger partial charge is 0.239 e. The Hall–Kier alpha value is -3.33. The van der Waals surface area contributed by atoms with Crippen molar-refractivity contribution in [1.82, 2.24) is 15.2 Å². The average molecular weight is 416 g/mol. The largest absolute Gasteiger partial charge is 0.496 e. The highest BCUT2D eigenvalue weighted by atomic mass is 16.5. The van der Waals surface area contributed by atoms with Crippen LogP contribution in [0.3, 0.4) is 0 Å². The number of aryl methyl sites for hydroxylation is 1. The number of anilines is 1. The third-order valence-electron chi connectivity index (χ3n) is 4.25. The van der Waals surface area contributed by atoms with Gasteiger partial charge in [0.05, 0.1) is 34.4 Å². The van der Waals surface area contributed by atoms with E-state index in [1.165, 1.54) is 0 Å². The summed E-state index contributed by atoms with van der Waals surface area (Å²) in [6, 6.07) is 8.84. The van der Waals surface area contributed by atoms with Crippen molar-refractivity contribution in [2.75, 3.05) is 46.8 Å². The van der Waals surface area contributed by atoms with Crippen molar-refractivity contribution >= 4 is 17.6 Å². The summed E-state index contributed by atoms with van der Waals surface area (Å²) >= 11 is 0. The summed E-state index contributed by atoms with van der Waals surface area (Å²) in [6.45, 7) is 2.21. The summed E-state index contributed by atoms with van der Waals surface area (Å²) < 4.78 is 15.9. The van der Waals surface area contributed by atoms with Gasteiger partial charge in [0.25, 0.3) is 0 Å². The number of pyridine rings is 1. The second kappa shape index (κ2) is 11.0. The quantitative estimate of drug-likeness (QED) is 0.607. The van der Waals surface area contributed by atoms with Crippen molar-refractivity contribution in [1.29, 1.82) is 0 Å². The molecule has 0 atom stereocenters. The maximum atomic E-state index is 12.3. The lowest BCUT2D eigenvalue weighted by Crippen LogP contribution is -2.38. The van der Waals surface area contributed by atoms with Gasteiger partial charge in [0.15, 0.2) is 11.5 Å². The fourth-order valence-electron chi connectivity index (χ4n) is 2.82. The summed E-state index contributed by atoms with van der Waals surface area (Å²) in [6.07, 6.45) is 0. The van der Waals surface area contributed by atoms with Gasteiger partial charge in [0.1, 0.15) is 11.6 Å². The van der Waals surface area contributed by atoms with E-state index in [1.807, 2.05) is 19.1 Å². The molecule has 0 aliphatic rings. The lowest BCUT2D eigenvalue weighted by molar-refractivity contribution is -0.123. The highest BCUT2D eigenvalue weighted by Gasteiger charge is 2.15. The number of methoxy groups -OCH3 is 3. The zero-order chi connectivity index (χ0) is 22.1. The van der Waals surface area contributed by atoms with Crippen LogP contribution in [-0.4, -0.2) is 63.2 Å². The molecule has 0 bridgehead atoms. The van der Waals surface area contributed by atoms with Crippen LogP contribution in [0.2, 0.25) is 0 Å². The molecule has 0 spiro atoms. The standard InChI is InChI=1S/C21H28N4O5/c1-14-7-6-8-19(23-14)24-21(27)13-25(2)12-20(26)22-11-15-9-17(29-4)18(30-5)10-16(15)28-3/h6-10H,11-13H2,1-5H3,(H,22,26)(H,23,24,27). The molecule has 0 unspecified atom stereocenters. The van der Waals surface area contributed by atoms with Crippen LogP contribution >= 0.6 is 0 Å². The minimum absolute atomic E-state index is 0.0583. The van der Waals surface area contributed by atoms with Gasteiger partial charge in [0.2, 0.25) is 11.8 Å². The number of nitrogens with zero attached hydrogens (tertiary/aromatic N) is 2. The number of aromatic nitrogens is 1. The van der Waals surface area contributed by atoms with Crippen LogP contribution in [-0.2, 0) is 16.1 Å². The fourth-order valence-corrected chi connectivity index (χ4v) is 2.82. The number of nitrogens with one attached hydrogen (secondary N) is 2. The number of carbonyl (C=O) groups excluding carboxylic acids is 2. The molecule has 0 radical (unpaired) electrons. The molecular weight excluding hydrogens is 388 g/mol. The first kappa shape index (κ1) is 23.0. The van der Waals surface area contributed by atoms with E-state index in [1.54, 1.807) is 51.5 Å². The van der Waals surface area contributed by atoms with Gasteiger partial charge in [-0.25, -0.2) is 4.98 Å². The molecule has 1 aromatic heterocycles. The van der Waals surface area contributed by atoms with E-state index in [9.17, 15) is 9.59 Å². The maximum Gasteiger partial charge on any atom is 0.239 e. The van der Waals surface area contributed by atoms with Crippen LogP contribution in [0.5, 0.6) is 17.2 Å². The Bertz CT molecular complexity index is 888. The third kappa shape index (κ3) is 6.63. The highest BCUT2D eigenvalue weighted by Crippen LogP contribution is 2.34. The lowest BCUT2D eigenvalue weighted by Gasteiger charge is -2.17. The minimum Gasteiger partial charge on any atom is -0.496 e. The van der Waals surface area contributed by atoms with Crippen molar-refractivity contribution in [2.24, 2.45) is 0 Å². The SMILES string of the molecule is COc1cc(OC)c(OC)cc1CNC(=O)CN(C)CC(=O)Nc1cccc(C)n1. The first-order valence-electron chi connectivity index (χ1n) is 9.34. The number of benzene rings is 1. The Morgan fingerprint density at radius 3 is 2.23 bits per heavy atom. The molecule has 1 heterocycles. The molecule has 162 valence electrons. The highest BCUT2D eigenvalue weighted by molar-refractivity contribution is 5.91. The zero-order valence-electron chi connectivity index (χ0n) is 17.9. The van der Waals surface area contributed by atoms with Crippen molar-refractivity contribution < 1.29 is 23.8 Å². The van der Waals surface area contributed by atoms with E-state index in [0.29, 0.717) is 23.1 Å². The van der Waals surface area contributed by atoms with Gasteiger partial charge >= 0.3 is 0 Å². The topological polar surface area (TPSA) is 102 Å². The van der Waals surface area contributed by atoms with E-state index >= 15 is 0 Å².